The number of nitrogens with zero attached hydrogens (tertiary/aromatic N) is 2. The second-order valence-corrected chi connectivity index (χ2v) is 5.01. The van der Waals surface area contributed by atoms with Crippen molar-refractivity contribution in [2.75, 3.05) is 14.2 Å². The number of fused-ring (bicyclic) bond motifs is 2. The van der Waals surface area contributed by atoms with Crippen LogP contribution in [-0.4, -0.2) is 45.2 Å². The fraction of sp³-hybridized carbons (Fsp3) is 0.118. The van der Waals surface area contributed by atoms with Gasteiger partial charge in [0.1, 0.15) is 0 Å². The highest BCUT2D eigenvalue weighted by molar-refractivity contribution is 6.05. The molecule has 0 unspecified atom stereocenters. The molecule has 8 heteroatoms. The smallest absolute Gasteiger partial charge is 0.338 e. The van der Waals surface area contributed by atoms with Crippen LogP contribution in [0.25, 0.3) is 21.8 Å². The molecule has 25 heavy (non-hydrogen) atoms. The van der Waals surface area contributed by atoms with Gasteiger partial charge in [0.15, 0.2) is 0 Å². The minimum Gasteiger partial charge on any atom is -0.481 e. The average Bonchev–Trinajstić information content (AvgIpc) is 3.28. The van der Waals surface area contributed by atoms with Crippen molar-refractivity contribution in [3.63, 3.8) is 0 Å². The maximum absolute atomic E-state index is 10.8. The third kappa shape index (κ3) is 3.09. The van der Waals surface area contributed by atoms with Crippen LogP contribution in [0.1, 0.15) is 10.4 Å². The first-order valence-corrected chi connectivity index (χ1v) is 7.35. The number of hydrogen-bond donors (Lipinski definition) is 3. The number of nitrogens with one attached hydrogen (secondary N) is 2. The maximum atomic E-state index is 10.8. The lowest BCUT2D eigenvalue weighted by atomic mass is 10.2. The molecule has 0 aliphatic rings. The predicted molar refractivity (Wildman–Crippen MR) is 92.3 cm³/mol. The first kappa shape index (κ1) is 16.3. The number of carboxylic acid groups (broad SMARTS) is 1. The quantitative estimate of drug-likeness (QED) is 0.528. The molecule has 0 radical (unpaired) electrons. The van der Waals surface area contributed by atoms with Crippen LogP contribution in [0.15, 0.2) is 43.0 Å². The van der Waals surface area contributed by atoms with Gasteiger partial charge in [0, 0.05) is 24.8 Å². The Hall–Kier alpha value is -3.55. The highest BCUT2D eigenvalue weighted by Gasteiger charge is 2.14. The van der Waals surface area contributed by atoms with Crippen LogP contribution >= 0.6 is 0 Å². The molecule has 3 N–H and O–H groups in total. The molecule has 4 aromatic rings. The first-order chi connectivity index (χ1) is 12.2. The standard InChI is InChI=1S/C9H8N2O3.C8H8N2O/c1-14-8-7-5(9(12)13)4-11-6(7)2-3-10-8;1-11-8-6-2-4-9-7(6)3-5-10-8/h2-4,11H,1H3,(H,12,13);2-5,9H,1H3. The van der Waals surface area contributed by atoms with Gasteiger partial charge in [-0.2, -0.15) is 0 Å². The van der Waals surface area contributed by atoms with Crippen molar-refractivity contribution in [2.45, 2.75) is 0 Å². The van der Waals surface area contributed by atoms with Gasteiger partial charge in [-0.15, -0.1) is 0 Å². The average molecular weight is 340 g/mol. The summed E-state index contributed by atoms with van der Waals surface area (Å²) in [5.41, 5.74) is 1.93. The van der Waals surface area contributed by atoms with Crippen molar-refractivity contribution in [1.29, 1.82) is 0 Å². The van der Waals surface area contributed by atoms with Crippen LogP contribution in [-0.2, 0) is 0 Å². The molecule has 4 aromatic heterocycles. The predicted octanol–water partition coefficient (Wildman–Crippen LogP) is 2.84. The van der Waals surface area contributed by atoms with Crippen molar-refractivity contribution < 1.29 is 19.4 Å². The van der Waals surface area contributed by atoms with Crippen LogP contribution in [0.4, 0.5) is 0 Å². The number of carbonyl (C=O) groups is 1. The van der Waals surface area contributed by atoms with E-state index in [1.807, 2.05) is 18.3 Å². The van der Waals surface area contributed by atoms with E-state index in [-0.39, 0.29) is 5.56 Å². The summed E-state index contributed by atoms with van der Waals surface area (Å²) in [4.78, 5) is 24.7. The van der Waals surface area contributed by atoms with E-state index in [1.165, 1.54) is 13.3 Å². The van der Waals surface area contributed by atoms with Gasteiger partial charge < -0.3 is 24.5 Å². The van der Waals surface area contributed by atoms with Crippen LogP contribution in [0, 0.1) is 0 Å². The number of rotatable bonds is 3. The van der Waals surface area contributed by atoms with Crippen molar-refractivity contribution in [3.8, 4) is 11.8 Å². The molecule has 4 rings (SSSR count). The minimum atomic E-state index is -0.998. The lowest BCUT2D eigenvalue weighted by molar-refractivity contribution is 0.0699. The molecule has 0 bridgehead atoms. The highest BCUT2D eigenvalue weighted by Crippen LogP contribution is 2.26. The van der Waals surface area contributed by atoms with Gasteiger partial charge in [0.05, 0.1) is 41.6 Å². The summed E-state index contributed by atoms with van der Waals surface area (Å²) in [7, 11) is 3.08. The molecule has 128 valence electrons. The summed E-state index contributed by atoms with van der Waals surface area (Å²) in [6.45, 7) is 0. The number of H-pyrrole nitrogens is 2. The number of carboxylic acids is 1. The van der Waals surface area contributed by atoms with Gasteiger partial charge in [-0.3, -0.25) is 0 Å². The summed E-state index contributed by atoms with van der Waals surface area (Å²) in [6, 6.07) is 5.56. The van der Waals surface area contributed by atoms with Crippen molar-refractivity contribution in [3.05, 3.63) is 48.5 Å². The SMILES string of the molecule is COc1nccc2[nH]cc(C(=O)O)c12.COc1nccc2[nH]ccc12. The fourth-order valence-electron chi connectivity index (χ4n) is 2.49. The highest BCUT2D eigenvalue weighted by atomic mass is 16.5. The lowest BCUT2D eigenvalue weighted by Crippen LogP contribution is -1.96. The maximum Gasteiger partial charge on any atom is 0.338 e. The third-order valence-corrected chi connectivity index (χ3v) is 3.62. The number of pyridine rings is 2. The van der Waals surface area contributed by atoms with Gasteiger partial charge in [0.2, 0.25) is 11.8 Å². The largest absolute Gasteiger partial charge is 0.481 e. The van der Waals surface area contributed by atoms with E-state index >= 15 is 0 Å². The van der Waals surface area contributed by atoms with Gasteiger partial charge in [-0.1, -0.05) is 0 Å². The van der Waals surface area contributed by atoms with Crippen LogP contribution in [0.3, 0.4) is 0 Å². The molecule has 0 atom stereocenters. The van der Waals surface area contributed by atoms with E-state index in [4.69, 9.17) is 14.6 Å². The Morgan fingerprint density at radius 3 is 2.36 bits per heavy atom. The second kappa shape index (κ2) is 6.91. The summed E-state index contributed by atoms with van der Waals surface area (Å²) >= 11 is 0. The molecule has 0 aliphatic heterocycles. The first-order valence-electron chi connectivity index (χ1n) is 7.35. The van der Waals surface area contributed by atoms with Gasteiger partial charge in [-0.05, 0) is 18.2 Å². The summed E-state index contributed by atoms with van der Waals surface area (Å²) in [5, 5.41) is 10.4. The molecular weight excluding hydrogens is 324 g/mol. The minimum absolute atomic E-state index is 0.171. The summed E-state index contributed by atoms with van der Waals surface area (Å²) < 4.78 is 10.0. The zero-order valence-electron chi connectivity index (χ0n) is 13.6. The van der Waals surface area contributed by atoms with Crippen molar-refractivity contribution in [2.24, 2.45) is 0 Å². The molecule has 0 aliphatic carbocycles. The number of hydrogen-bond acceptors (Lipinski definition) is 5. The Balaban J connectivity index is 0.000000150. The number of aromatic amines is 2. The Kier molecular flexibility index (Phi) is 4.51. The van der Waals surface area contributed by atoms with E-state index in [9.17, 15) is 4.79 Å². The summed E-state index contributed by atoms with van der Waals surface area (Å²) in [6.07, 6.45) is 6.58. The Morgan fingerprint density at radius 2 is 1.68 bits per heavy atom. The Morgan fingerprint density at radius 1 is 1.00 bits per heavy atom. The van der Waals surface area contributed by atoms with Gasteiger partial charge >= 0.3 is 5.97 Å². The van der Waals surface area contributed by atoms with Crippen molar-refractivity contribution in [1.82, 2.24) is 19.9 Å². The van der Waals surface area contributed by atoms with Crippen LogP contribution < -0.4 is 9.47 Å². The molecule has 0 spiro atoms. The molecule has 0 fully saturated rings. The van der Waals surface area contributed by atoms with E-state index in [0.717, 1.165) is 10.9 Å². The number of aromatic nitrogens is 4. The molecule has 0 amide bonds. The fourth-order valence-corrected chi connectivity index (χ4v) is 2.49. The van der Waals surface area contributed by atoms with E-state index in [0.29, 0.717) is 22.7 Å². The lowest BCUT2D eigenvalue weighted by Gasteiger charge is -2.00. The molecule has 0 aromatic carbocycles. The van der Waals surface area contributed by atoms with Gasteiger partial charge in [0.25, 0.3) is 0 Å². The van der Waals surface area contributed by atoms with Crippen molar-refractivity contribution >= 4 is 27.8 Å². The van der Waals surface area contributed by atoms with Crippen LogP contribution in [0.2, 0.25) is 0 Å². The van der Waals surface area contributed by atoms with E-state index < -0.39 is 5.97 Å². The molecule has 4 heterocycles. The Labute approximate surface area is 142 Å². The second-order valence-electron chi connectivity index (χ2n) is 5.01. The molecule has 8 nitrogen and oxygen atoms in total. The Bertz CT molecular complexity index is 1020. The third-order valence-electron chi connectivity index (χ3n) is 3.62. The monoisotopic (exact) mass is 340 g/mol. The van der Waals surface area contributed by atoms with E-state index in [2.05, 4.69) is 19.9 Å². The number of ether oxygens (including phenoxy) is 2. The molecular formula is C17H16N4O4. The molecule has 0 saturated heterocycles. The number of aromatic carboxylic acids is 1. The van der Waals surface area contributed by atoms with Crippen LogP contribution in [0.5, 0.6) is 11.8 Å². The number of methoxy groups -OCH3 is 2. The zero-order valence-corrected chi connectivity index (χ0v) is 13.6. The van der Waals surface area contributed by atoms with E-state index in [1.54, 1.807) is 25.6 Å². The summed E-state index contributed by atoms with van der Waals surface area (Å²) in [5.74, 6) is -0.00699. The zero-order chi connectivity index (χ0) is 17.8. The van der Waals surface area contributed by atoms with Gasteiger partial charge in [-0.25, -0.2) is 14.8 Å². The molecule has 0 saturated carbocycles. The topological polar surface area (TPSA) is 113 Å². The normalized spacial score (nSPS) is 10.3.